The summed E-state index contributed by atoms with van der Waals surface area (Å²) < 4.78 is 18.4. The molecule has 24 heavy (non-hydrogen) atoms. The zero-order valence-corrected chi connectivity index (χ0v) is 16.6. The smallest absolute Gasteiger partial charge is 0.305 e. The molecule has 0 bridgehead atoms. The molecule has 0 aliphatic rings. The molecule has 0 amide bonds. The van der Waals surface area contributed by atoms with Crippen LogP contribution in [0.25, 0.3) is 0 Å². The van der Waals surface area contributed by atoms with Crippen molar-refractivity contribution in [1.29, 1.82) is 0 Å². The Hall–Kier alpha value is -1.38. The van der Waals surface area contributed by atoms with Crippen molar-refractivity contribution in [1.82, 2.24) is 10.6 Å². The quantitative estimate of drug-likeness (QED) is 0.199. The number of guanidine groups is 1. The van der Waals surface area contributed by atoms with Crippen LogP contribution in [-0.2, 0) is 16.0 Å². The molecule has 1 aromatic carbocycles. The molecule has 2 N–H and O–H groups in total. The molecule has 1 aromatic rings. The lowest BCUT2D eigenvalue weighted by Crippen LogP contribution is -2.38. The molecular formula is C17H27FIN3O2. The van der Waals surface area contributed by atoms with E-state index in [1.807, 2.05) is 13.0 Å². The number of halogens is 2. The number of carbonyl (C=O) groups is 1. The van der Waals surface area contributed by atoms with E-state index in [0.29, 0.717) is 50.5 Å². The first-order chi connectivity index (χ1) is 11.2. The molecule has 0 aromatic heterocycles. The number of nitrogens with one attached hydrogen (secondary N) is 2. The van der Waals surface area contributed by atoms with Gasteiger partial charge in [0.2, 0.25) is 0 Å². The van der Waals surface area contributed by atoms with Gasteiger partial charge in [-0.1, -0.05) is 18.2 Å². The summed E-state index contributed by atoms with van der Waals surface area (Å²) in [6.07, 6.45) is 1.59. The zero-order chi connectivity index (χ0) is 16.9. The Morgan fingerprint density at radius 3 is 2.67 bits per heavy atom. The lowest BCUT2D eigenvalue weighted by molar-refractivity contribution is -0.143. The van der Waals surface area contributed by atoms with Crippen molar-refractivity contribution in [2.75, 3.05) is 26.2 Å². The molecule has 0 saturated carbocycles. The minimum atomic E-state index is -0.194. The van der Waals surface area contributed by atoms with E-state index >= 15 is 0 Å². The monoisotopic (exact) mass is 451 g/mol. The second-order valence-electron chi connectivity index (χ2n) is 4.94. The maximum absolute atomic E-state index is 13.5. The fourth-order valence-electron chi connectivity index (χ4n) is 2.01. The van der Waals surface area contributed by atoms with Gasteiger partial charge >= 0.3 is 5.97 Å². The summed E-state index contributed by atoms with van der Waals surface area (Å²) in [7, 11) is 0. The van der Waals surface area contributed by atoms with Crippen molar-refractivity contribution in [3.8, 4) is 0 Å². The van der Waals surface area contributed by atoms with E-state index in [4.69, 9.17) is 4.74 Å². The fraction of sp³-hybridized carbons (Fsp3) is 0.529. The van der Waals surface area contributed by atoms with Gasteiger partial charge in [0.25, 0.3) is 0 Å². The number of nitrogens with zero attached hydrogens (tertiary/aromatic N) is 1. The van der Waals surface area contributed by atoms with Gasteiger partial charge in [0.1, 0.15) is 5.82 Å². The minimum absolute atomic E-state index is 0. The molecule has 0 saturated heterocycles. The van der Waals surface area contributed by atoms with Crippen molar-refractivity contribution in [2.24, 2.45) is 4.99 Å². The fourth-order valence-corrected chi connectivity index (χ4v) is 2.01. The Morgan fingerprint density at radius 1 is 1.25 bits per heavy atom. The summed E-state index contributed by atoms with van der Waals surface area (Å²) in [5, 5.41) is 6.29. The van der Waals surface area contributed by atoms with Crippen molar-refractivity contribution >= 4 is 35.9 Å². The third-order valence-corrected chi connectivity index (χ3v) is 3.10. The SMILES string of the molecule is CCNC(=NCCCC(=O)OCC)NCCc1ccccc1F.I. The highest BCUT2D eigenvalue weighted by Gasteiger charge is 2.03. The standard InChI is InChI=1S/C17H26FN3O2.HI/c1-3-19-17(20-12-7-10-16(22)23-4-2)21-13-11-14-8-5-6-9-15(14)18;/h5-6,8-9H,3-4,7,10-13H2,1-2H3,(H2,19,20,21);1H. The maximum Gasteiger partial charge on any atom is 0.305 e. The molecule has 0 aliphatic heterocycles. The highest BCUT2D eigenvalue weighted by molar-refractivity contribution is 14.0. The summed E-state index contributed by atoms with van der Waals surface area (Å²) in [5.74, 6) is 0.290. The molecule has 0 unspecified atom stereocenters. The van der Waals surface area contributed by atoms with E-state index in [1.54, 1.807) is 19.1 Å². The van der Waals surface area contributed by atoms with Gasteiger partial charge in [-0.05, 0) is 38.3 Å². The number of rotatable bonds is 9. The summed E-state index contributed by atoms with van der Waals surface area (Å²) in [4.78, 5) is 15.6. The van der Waals surface area contributed by atoms with Crippen molar-refractivity contribution < 1.29 is 13.9 Å². The van der Waals surface area contributed by atoms with E-state index in [-0.39, 0.29) is 35.8 Å². The molecule has 0 radical (unpaired) electrons. The Morgan fingerprint density at radius 2 is 2.00 bits per heavy atom. The first-order valence-corrected chi connectivity index (χ1v) is 8.08. The van der Waals surface area contributed by atoms with Crippen LogP contribution in [0.15, 0.2) is 29.3 Å². The third kappa shape index (κ3) is 9.69. The van der Waals surface area contributed by atoms with Gasteiger partial charge in [0.15, 0.2) is 5.96 Å². The normalized spacial score (nSPS) is 10.7. The number of hydrogen-bond acceptors (Lipinski definition) is 3. The predicted molar refractivity (Wildman–Crippen MR) is 105 cm³/mol. The maximum atomic E-state index is 13.5. The first kappa shape index (κ1) is 22.6. The zero-order valence-electron chi connectivity index (χ0n) is 14.3. The van der Waals surface area contributed by atoms with E-state index in [0.717, 1.165) is 6.54 Å². The average molecular weight is 451 g/mol. The van der Waals surface area contributed by atoms with Crippen LogP contribution in [0.5, 0.6) is 0 Å². The number of hydrogen-bond donors (Lipinski definition) is 2. The summed E-state index contributed by atoms with van der Waals surface area (Å²) in [5.41, 5.74) is 0.679. The Bertz CT molecular complexity index is 512. The van der Waals surface area contributed by atoms with Crippen LogP contribution in [0.3, 0.4) is 0 Å². The van der Waals surface area contributed by atoms with Crippen LogP contribution < -0.4 is 10.6 Å². The lowest BCUT2D eigenvalue weighted by Gasteiger charge is -2.11. The molecule has 1 rings (SSSR count). The number of benzene rings is 1. The van der Waals surface area contributed by atoms with Crippen molar-refractivity contribution in [3.05, 3.63) is 35.6 Å². The van der Waals surface area contributed by atoms with E-state index in [2.05, 4.69) is 15.6 Å². The van der Waals surface area contributed by atoms with Crippen LogP contribution in [0.1, 0.15) is 32.3 Å². The Labute approximate surface area is 160 Å². The molecular weight excluding hydrogens is 424 g/mol. The van der Waals surface area contributed by atoms with Crippen LogP contribution in [0.4, 0.5) is 4.39 Å². The first-order valence-electron chi connectivity index (χ1n) is 8.08. The van der Waals surface area contributed by atoms with Crippen LogP contribution in [-0.4, -0.2) is 38.2 Å². The Kier molecular flexibility index (Phi) is 13.2. The van der Waals surface area contributed by atoms with Gasteiger partial charge in [-0.3, -0.25) is 9.79 Å². The molecule has 136 valence electrons. The van der Waals surface area contributed by atoms with Gasteiger partial charge in [-0.2, -0.15) is 0 Å². The summed E-state index contributed by atoms with van der Waals surface area (Å²) in [6, 6.07) is 6.75. The van der Waals surface area contributed by atoms with Gasteiger partial charge in [0.05, 0.1) is 6.61 Å². The van der Waals surface area contributed by atoms with Crippen molar-refractivity contribution in [2.45, 2.75) is 33.1 Å². The minimum Gasteiger partial charge on any atom is -0.466 e. The predicted octanol–water partition coefficient (Wildman–Crippen LogP) is 2.88. The highest BCUT2D eigenvalue weighted by Crippen LogP contribution is 2.06. The van der Waals surface area contributed by atoms with E-state index in [1.165, 1.54) is 6.07 Å². The largest absolute Gasteiger partial charge is 0.466 e. The van der Waals surface area contributed by atoms with Crippen LogP contribution in [0, 0.1) is 5.82 Å². The molecule has 0 atom stereocenters. The number of carbonyl (C=O) groups excluding carboxylic acids is 1. The highest BCUT2D eigenvalue weighted by atomic mass is 127. The number of aliphatic imine (C=N–C) groups is 1. The third-order valence-electron chi connectivity index (χ3n) is 3.10. The number of esters is 1. The lowest BCUT2D eigenvalue weighted by atomic mass is 10.1. The van der Waals surface area contributed by atoms with Gasteiger partial charge in [0, 0.05) is 26.1 Å². The second kappa shape index (κ2) is 14.0. The van der Waals surface area contributed by atoms with Gasteiger partial charge < -0.3 is 15.4 Å². The molecule has 0 spiro atoms. The van der Waals surface area contributed by atoms with Crippen LogP contribution in [0.2, 0.25) is 0 Å². The number of ether oxygens (including phenoxy) is 1. The summed E-state index contributed by atoms with van der Waals surface area (Å²) in [6.45, 7) is 6.04. The average Bonchev–Trinajstić information content (AvgIpc) is 2.53. The molecule has 0 heterocycles. The van der Waals surface area contributed by atoms with E-state index < -0.39 is 0 Å². The summed E-state index contributed by atoms with van der Waals surface area (Å²) >= 11 is 0. The second-order valence-corrected chi connectivity index (χ2v) is 4.94. The molecule has 0 fully saturated rings. The van der Waals surface area contributed by atoms with Crippen molar-refractivity contribution in [3.63, 3.8) is 0 Å². The Balaban J connectivity index is 0.00000529. The van der Waals surface area contributed by atoms with Gasteiger partial charge in [-0.25, -0.2) is 4.39 Å². The van der Waals surface area contributed by atoms with Gasteiger partial charge in [-0.15, -0.1) is 24.0 Å². The van der Waals surface area contributed by atoms with Crippen LogP contribution >= 0.6 is 24.0 Å². The molecule has 0 aliphatic carbocycles. The molecule has 5 nitrogen and oxygen atoms in total. The van der Waals surface area contributed by atoms with E-state index in [9.17, 15) is 9.18 Å². The topological polar surface area (TPSA) is 62.7 Å². The molecule has 7 heteroatoms.